The third kappa shape index (κ3) is 3.35. The molecule has 2 fully saturated rings. The first-order valence-corrected chi connectivity index (χ1v) is 7.55. The average Bonchev–Trinajstić information content (AvgIpc) is 2.87. The summed E-state index contributed by atoms with van der Waals surface area (Å²) in [7, 11) is 0. The van der Waals surface area contributed by atoms with Crippen molar-refractivity contribution in [2.45, 2.75) is 39.0 Å². The molecule has 1 amide bonds. The van der Waals surface area contributed by atoms with Crippen molar-refractivity contribution in [3.05, 3.63) is 30.1 Å². The Morgan fingerprint density at radius 2 is 2.10 bits per heavy atom. The van der Waals surface area contributed by atoms with Gasteiger partial charge in [-0.1, -0.05) is 6.07 Å². The summed E-state index contributed by atoms with van der Waals surface area (Å²) in [6.07, 6.45) is 1.63. The Balaban J connectivity index is 1.43. The highest BCUT2D eigenvalue weighted by atomic mass is 16.6. The van der Waals surface area contributed by atoms with Crippen molar-refractivity contribution in [3.63, 3.8) is 0 Å². The topological polar surface area (TPSA) is 54.5 Å². The van der Waals surface area contributed by atoms with Crippen LogP contribution in [0.2, 0.25) is 0 Å². The van der Waals surface area contributed by atoms with E-state index >= 15 is 0 Å². The Bertz CT molecular complexity index is 500. The molecule has 2 unspecified atom stereocenters. The molecule has 2 heterocycles. The maximum atomic E-state index is 12.0. The van der Waals surface area contributed by atoms with Crippen LogP contribution in [-0.2, 0) is 11.3 Å². The molecule has 21 heavy (non-hydrogen) atoms. The van der Waals surface area contributed by atoms with Crippen molar-refractivity contribution < 1.29 is 9.53 Å². The molecule has 114 valence electrons. The number of fused-ring (bicyclic) bond motifs is 1. The van der Waals surface area contributed by atoms with E-state index in [1.54, 1.807) is 0 Å². The minimum Gasteiger partial charge on any atom is -0.444 e. The smallest absolute Gasteiger partial charge is 0.410 e. The Kier molecular flexibility index (Phi) is 3.61. The second kappa shape index (κ2) is 5.30. The molecule has 3 rings (SSSR count). The number of ether oxygens (including phenoxy) is 1. The van der Waals surface area contributed by atoms with Gasteiger partial charge < -0.3 is 15.0 Å². The van der Waals surface area contributed by atoms with Crippen molar-refractivity contribution in [2.24, 2.45) is 11.8 Å². The van der Waals surface area contributed by atoms with Crippen molar-refractivity contribution in [1.82, 2.24) is 15.2 Å². The van der Waals surface area contributed by atoms with E-state index in [2.05, 4.69) is 10.3 Å². The van der Waals surface area contributed by atoms with Crippen LogP contribution in [0.3, 0.4) is 0 Å². The minimum absolute atomic E-state index is 0.182. The van der Waals surface area contributed by atoms with Gasteiger partial charge in [-0.2, -0.15) is 0 Å². The standard InChI is InChI=1S/C16H23N3O2/c1-16(2,3)21-15(20)19-9-12-13(10-19)14(12)18-8-11-6-4-5-7-17-11/h4-7,12-14,18H,8-10H2,1-3H3. The van der Waals surface area contributed by atoms with Crippen molar-refractivity contribution >= 4 is 6.09 Å². The largest absolute Gasteiger partial charge is 0.444 e. The fourth-order valence-corrected chi connectivity index (χ4v) is 3.03. The average molecular weight is 289 g/mol. The first kappa shape index (κ1) is 14.3. The van der Waals surface area contributed by atoms with Crippen LogP contribution >= 0.6 is 0 Å². The van der Waals surface area contributed by atoms with Gasteiger partial charge in [0.05, 0.1) is 5.69 Å². The van der Waals surface area contributed by atoms with Crippen molar-refractivity contribution in [1.29, 1.82) is 0 Å². The van der Waals surface area contributed by atoms with Gasteiger partial charge in [0.2, 0.25) is 0 Å². The fourth-order valence-electron chi connectivity index (χ4n) is 3.03. The van der Waals surface area contributed by atoms with Gasteiger partial charge in [0.15, 0.2) is 0 Å². The first-order chi connectivity index (χ1) is 9.94. The van der Waals surface area contributed by atoms with E-state index in [-0.39, 0.29) is 6.09 Å². The summed E-state index contributed by atoms with van der Waals surface area (Å²) in [5, 5.41) is 3.54. The summed E-state index contributed by atoms with van der Waals surface area (Å²) in [5.74, 6) is 1.14. The lowest BCUT2D eigenvalue weighted by atomic mass is 10.2. The highest BCUT2D eigenvalue weighted by Crippen LogP contribution is 2.45. The van der Waals surface area contributed by atoms with E-state index in [0.29, 0.717) is 17.9 Å². The number of carbonyl (C=O) groups is 1. The summed E-state index contributed by atoms with van der Waals surface area (Å²) < 4.78 is 5.41. The molecule has 2 aliphatic rings. The number of pyridine rings is 1. The summed E-state index contributed by atoms with van der Waals surface area (Å²) in [5.41, 5.74) is 0.645. The first-order valence-electron chi connectivity index (χ1n) is 7.55. The van der Waals surface area contributed by atoms with Crippen LogP contribution in [-0.4, -0.2) is 40.7 Å². The zero-order valence-corrected chi connectivity index (χ0v) is 12.9. The number of likely N-dealkylation sites (tertiary alicyclic amines) is 1. The van der Waals surface area contributed by atoms with Crippen molar-refractivity contribution in [3.8, 4) is 0 Å². The summed E-state index contributed by atoms with van der Waals surface area (Å²) in [4.78, 5) is 18.1. The van der Waals surface area contributed by atoms with Crippen LogP contribution in [0.4, 0.5) is 4.79 Å². The van der Waals surface area contributed by atoms with Gasteiger partial charge in [-0.15, -0.1) is 0 Å². The predicted molar refractivity (Wildman–Crippen MR) is 79.7 cm³/mol. The molecule has 2 atom stereocenters. The number of nitrogens with zero attached hydrogens (tertiary/aromatic N) is 2. The Morgan fingerprint density at radius 1 is 1.38 bits per heavy atom. The van der Waals surface area contributed by atoms with Crippen LogP contribution < -0.4 is 5.32 Å². The molecule has 0 aromatic carbocycles. The molecular weight excluding hydrogens is 266 g/mol. The molecule has 0 spiro atoms. The van der Waals surface area contributed by atoms with E-state index in [1.165, 1.54) is 0 Å². The second-order valence-electron chi connectivity index (χ2n) is 6.94. The lowest BCUT2D eigenvalue weighted by molar-refractivity contribution is 0.0269. The molecule has 1 aromatic heterocycles. The summed E-state index contributed by atoms with van der Waals surface area (Å²) in [6, 6.07) is 6.47. The molecule has 1 N–H and O–H groups in total. The third-order valence-electron chi connectivity index (χ3n) is 4.09. The number of carbonyl (C=O) groups excluding carboxylic acids is 1. The molecule has 5 heteroatoms. The van der Waals surface area contributed by atoms with Crippen molar-refractivity contribution in [2.75, 3.05) is 13.1 Å². The molecule has 5 nitrogen and oxygen atoms in total. The molecule has 1 saturated carbocycles. The predicted octanol–water partition coefficient (Wildman–Crippen LogP) is 2.04. The number of piperidine rings is 1. The SMILES string of the molecule is CC(C)(C)OC(=O)N1CC2C(C1)C2NCc1ccccn1. The van der Waals surface area contributed by atoms with E-state index < -0.39 is 5.60 Å². The van der Waals surface area contributed by atoms with Gasteiger partial charge in [-0.3, -0.25) is 4.98 Å². The normalized spacial score (nSPS) is 27.4. The van der Waals surface area contributed by atoms with Crippen LogP contribution in [0.25, 0.3) is 0 Å². The van der Waals surface area contributed by atoms with Gasteiger partial charge in [-0.05, 0) is 44.7 Å². The molecule has 1 aliphatic heterocycles. The van der Waals surface area contributed by atoms with E-state index in [1.807, 2.05) is 50.1 Å². The zero-order valence-electron chi connectivity index (χ0n) is 12.9. The van der Waals surface area contributed by atoms with Gasteiger partial charge >= 0.3 is 6.09 Å². The number of hydrogen-bond donors (Lipinski definition) is 1. The molecule has 1 aliphatic carbocycles. The zero-order chi connectivity index (χ0) is 15.0. The number of rotatable bonds is 3. The number of nitrogens with one attached hydrogen (secondary N) is 1. The molecule has 1 aromatic rings. The Morgan fingerprint density at radius 3 is 2.67 bits per heavy atom. The monoisotopic (exact) mass is 289 g/mol. The highest BCUT2D eigenvalue weighted by Gasteiger charge is 2.56. The third-order valence-corrected chi connectivity index (χ3v) is 4.09. The quantitative estimate of drug-likeness (QED) is 0.925. The Labute approximate surface area is 125 Å². The van der Waals surface area contributed by atoms with Crippen LogP contribution in [0.5, 0.6) is 0 Å². The Hall–Kier alpha value is -1.62. The number of aromatic nitrogens is 1. The van der Waals surface area contributed by atoms with Gasteiger partial charge in [0.1, 0.15) is 5.60 Å². The summed E-state index contributed by atoms with van der Waals surface area (Å²) in [6.45, 7) is 8.11. The van der Waals surface area contributed by atoms with E-state index in [4.69, 9.17) is 4.74 Å². The molecule has 1 saturated heterocycles. The fraction of sp³-hybridized carbons (Fsp3) is 0.625. The second-order valence-corrected chi connectivity index (χ2v) is 6.94. The van der Waals surface area contributed by atoms with Gasteiger partial charge in [0, 0.05) is 31.9 Å². The van der Waals surface area contributed by atoms with E-state index in [0.717, 1.165) is 25.3 Å². The molecular formula is C16H23N3O2. The molecule has 0 bridgehead atoms. The highest BCUT2D eigenvalue weighted by molar-refractivity contribution is 5.69. The lowest BCUT2D eigenvalue weighted by Gasteiger charge is -2.26. The molecule has 0 radical (unpaired) electrons. The number of hydrogen-bond acceptors (Lipinski definition) is 4. The summed E-state index contributed by atoms with van der Waals surface area (Å²) >= 11 is 0. The van der Waals surface area contributed by atoms with Crippen LogP contribution in [0.1, 0.15) is 26.5 Å². The van der Waals surface area contributed by atoms with Gasteiger partial charge in [0.25, 0.3) is 0 Å². The van der Waals surface area contributed by atoms with Gasteiger partial charge in [-0.25, -0.2) is 4.79 Å². The van der Waals surface area contributed by atoms with Crippen LogP contribution in [0.15, 0.2) is 24.4 Å². The van der Waals surface area contributed by atoms with Crippen LogP contribution in [0, 0.1) is 11.8 Å². The van der Waals surface area contributed by atoms with E-state index in [9.17, 15) is 4.79 Å². The minimum atomic E-state index is -0.416. The lowest BCUT2D eigenvalue weighted by Crippen LogP contribution is -2.39. The number of amides is 1. The maximum Gasteiger partial charge on any atom is 0.410 e. The maximum absolute atomic E-state index is 12.0.